The lowest BCUT2D eigenvalue weighted by atomic mass is 9.69. The molecule has 0 saturated heterocycles. The molecular formula is C22H19F5O5. The van der Waals surface area contributed by atoms with Gasteiger partial charge in [-0.05, 0) is 25.0 Å². The van der Waals surface area contributed by atoms with Gasteiger partial charge in [-0.15, -0.1) is 0 Å². The first-order valence-corrected chi connectivity index (χ1v) is 9.43. The normalized spacial score (nSPS) is 23.2. The van der Waals surface area contributed by atoms with Crippen molar-refractivity contribution in [1.82, 2.24) is 0 Å². The van der Waals surface area contributed by atoms with E-state index in [1.54, 1.807) is 6.92 Å². The summed E-state index contributed by atoms with van der Waals surface area (Å²) in [5.41, 5.74) is -0.805. The minimum atomic E-state index is -2.31. The second kappa shape index (κ2) is 8.40. The van der Waals surface area contributed by atoms with E-state index in [1.165, 1.54) is 18.2 Å². The molecule has 0 heterocycles. The Bertz CT molecular complexity index is 1020. The number of carbonyl (C=O) groups is 2. The van der Waals surface area contributed by atoms with Crippen LogP contribution in [0.5, 0.6) is 5.75 Å². The molecular weight excluding hydrogens is 439 g/mol. The third-order valence-corrected chi connectivity index (χ3v) is 5.76. The third-order valence-electron chi connectivity index (χ3n) is 5.76. The van der Waals surface area contributed by atoms with Crippen LogP contribution < -0.4 is 4.74 Å². The molecule has 0 spiro atoms. The Morgan fingerprint density at radius 3 is 1.91 bits per heavy atom. The van der Waals surface area contributed by atoms with Gasteiger partial charge in [0.1, 0.15) is 6.10 Å². The van der Waals surface area contributed by atoms with Gasteiger partial charge in [0.2, 0.25) is 29.1 Å². The van der Waals surface area contributed by atoms with Crippen molar-refractivity contribution in [2.45, 2.75) is 19.4 Å². The fraction of sp³-hybridized carbons (Fsp3) is 0.364. The summed E-state index contributed by atoms with van der Waals surface area (Å²) < 4.78 is 83.3. The molecule has 0 bridgehead atoms. The van der Waals surface area contributed by atoms with Gasteiger partial charge in [0, 0.05) is 11.8 Å². The first-order chi connectivity index (χ1) is 15.0. The molecule has 0 saturated carbocycles. The van der Waals surface area contributed by atoms with Crippen molar-refractivity contribution in [2.24, 2.45) is 17.3 Å². The Kier molecular flexibility index (Phi) is 6.17. The second-order valence-corrected chi connectivity index (χ2v) is 7.54. The Morgan fingerprint density at radius 1 is 0.938 bits per heavy atom. The molecule has 0 fully saturated rings. The fourth-order valence-electron chi connectivity index (χ4n) is 4.27. The summed E-state index contributed by atoms with van der Waals surface area (Å²) in [6.07, 6.45) is 2.85. The Labute approximate surface area is 180 Å². The maximum Gasteiger partial charge on any atom is 0.327 e. The summed E-state index contributed by atoms with van der Waals surface area (Å²) >= 11 is 0. The van der Waals surface area contributed by atoms with Crippen LogP contribution in [-0.2, 0) is 19.1 Å². The van der Waals surface area contributed by atoms with Crippen LogP contribution in [0.25, 0.3) is 0 Å². The number of esters is 2. The minimum absolute atomic E-state index is 0.196. The molecule has 0 amide bonds. The number of hydrogen-bond acceptors (Lipinski definition) is 5. The van der Waals surface area contributed by atoms with E-state index in [4.69, 9.17) is 14.2 Å². The smallest absolute Gasteiger partial charge is 0.327 e. The van der Waals surface area contributed by atoms with Crippen LogP contribution in [0.3, 0.4) is 0 Å². The molecule has 0 aliphatic heterocycles. The van der Waals surface area contributed by atoms with Gasteiger partial charge < -0.3 is 14.2 Å². The van der Waals surface area contributed by atoms with Crippen LogP contribution in [-0.4, -0.2) is 32.3 Å². The highest BCUT2D eigenvalue weighted by atomic mass is 19.2. The predicted molar refractivity (Wildman–Crippen MR) is 101 cm³/mol. The topological polar surface area (TPSA) is 61.8 Å². The van der Waals surface area contributed by atoms with E-state index in [0.29, 0.717) is 11.1 Å². The van der Waals surface area contributed by atoms with Crippen molar-refractivity contribution in [1.29, 1.82) is 0 Å². The number of methoxy groups -OCH3 is 2. The molecule has 1 aromatic carbocycles. The van der Waals surface area contributed by atoms with Gasteiger partial charge >= 0.3 is 11.9 Å². The van der Waals surface area contributed by atoms with Crippen LogP contribution >= 0.6 is 0 Å². The van der Waals surface area contributed by atoms with Crippen molar-refractivity contribution in [3.8, 4) is 5.75 Å². The highest BCUT2D eigenvalue weighted by Gasteiger charge is 2.60. The number of fused-ring (bicyclic) bond motifs is 1. The molecule has 3 atom stereocenters. The van der Waals surface area contributed by atoms with Gasteiger partial charge in [0.25, 0.3) is 0 Å². The monoisotopic (exact) mass is 458 g/mol. The first kappa shape index (κ1) is 23.5. The number of carbonyl (C=O) groups excluding carboxylic acids is 2. The Balaban J connectivity index is 2.06. The van der Waals surface area contributed by atoms with E-state index in [9.17, 15) is 31.5 Å². The Morgan fingerprint density at radius 2 is 1.44 bits per heavy atom. The molecule has 3 rings (SSSR count). The zero-order valence-electron chi connectivity index (χ0n) is 17.3. The number of halogens is 5. The van der Waals surface area contributed by atoms with E-state index >= 15 is 0 Å². The Hall–Kier alpha value is -3.17. The van der Waals surface area contributed by atoms with E-state index in [-0.39, 0.29) is 6.42 Å². The highest BCUT2D eigenvalue weighted by Crippen LogP contribution is 2.53. The number of ether oxygens (including phenoxy) is 3. The summed E-state index contributed by atoms with van der Waals surface area (Å²) in [6, 6.07) is 0. The number of benzene rings is 1. The van der Waals surface area contributed by atoms with Crippen molar-refractivity contribution < 1.29 is 45.8 Å². The van der Waals surface area contributed by atoms with Gasteiger partial charge in [-0.1, -0.05) is 24.3 Å². The summed E-state index contributed by atoms with van der Waals surface area (Å²) in [5, 5.41) is 0. The van der Waals surface area contributed by atoms with E-state index < -0.39 is 70.1 Å². The lowest BCUT2D eigenvalue weighted by molar-refractivity contribution is -0.169. The van der Waals surface area contributed by atoms with Gasteiger partial charge in [-0.2, -0.15) is 8.78 Å². The van der Waals surface area contributed by atoms with Gasteiger partial charge in [-0.3, -0.25) is 9.59 Å². The van der Waals surface area contributed by atoms with Gasteiger partial charge in [0.15, 0.2) is 11.2 Å². The van der Waals surface area contributed by atoms with E-state index in [0.717, 1.165) is 14.2 Å². The molecule has 32 heavy (non-hydrogen) atoms. The SMILES string of the molecule is C=C(C)C1=CC(C(=O)OC)(C(=O)OC)[C@@H]2C[C@@H](Oc3c(F)c(F)c(F)c(F)c3F)C=C[C@H]12. The third kappa shape index (κ3) is 3.37. The van der Waals surface area contributed by atoms with E-state index in [2.05, 4.69) is 6.58 Å². The van der Waals surface area contributed by atoms with Crippen molar-refractivity contribution in [2.75, 3.05) is 14.2 Å². The molecule has 2 aliphatic carbocycles. The van der Waals surface area contributed by atoms with E-state index in [1.807, 2.05) is 0 Å². The summed E-state index contributed by atoms with van der Waals surface area (Å²) in [7, 11) is 2.16. The van der Waals surface area contributed by atoms with Crippen LogP contribution in [0.4, 0.5) is 22.0 Å². The van der Waals surface area contributed by atoms with Crippen LogP contribution in [0.1, 0.15) is 13.3 Å². The van der Waals surface area contributed by atoms with Crippen LogP contribution in [0.2, 0.25) is 0 Å². The molecule has 10 heteroatoms. The average Bonchev–Trinajstić information content (AvgIpc) is 3.14. The fourth-order valence-corrected chi connectivity index (χ4v) is 4.27. The van der Waals surface area contributed by atoms with Crippen LogP contribution in [0, 0.1) is 46.3 Å². The zero-order valence-corrected chi connectivity index (χ0v) is 17.3. The van der Waals surface area contributed by atoms with Crippen molar-refractivity contribution >= 4 is 11.9 Å². The van der Waals surface area contributed by atoms with Gasteiger partial charge in [0.05, 0.1) is 14.2 Å². The average molecular weight is 458 g/mol. The summed E-state index contributed by atoms with van der Waals surface area (Å²) in [6.45, 7) is 5.51. The zero-order chi connectivity index (χ0) is 24.0. The largest absolute Gasteiger partial charge is 0.480 e. The number of rotatable bonds is 5. The highest BCUT2D eigenvalue weighted by molar-refractivity contribution is 6.04. The number of allylic oxidation sites excluding steroid dienone is 3. The maximum absolute atomic E-state index is 14.1. The molecule has 172 valence electrons. The molecule has 2 aliphatic rings. The molecule has 5 nitrogen and oxygen atoms in total. The maximum atomic E-state index is 14.1. The molecule has 1 aromatic rings. The second-order valence-electron chi connectivity index (χ2n) is 7.54. The van der Waals surface area contributed by atoms with Crippen LogP contribution in [0.15, 0.2) is 36.0 Å². The lowest BCUT2D eigenvalue weighted by Gasteiger charge is -2.36. The molecule has 0 N–H and O–H groups in total. The molecule has 0 radical (unpaired) electrons. The predicted octanol–water partition coefficient (Wildman–Crippen LogP) is 4.17. The molecule has 0 unspecified atom stereocenters. The summed E-state index contributed by atoms with van der Waals surface area (Å²) in [4.78, 5) is 25.5. The van der Waals surface area contributed by atoms with Gasteiger partial charge in [-0.25, -0.2) is 13.2 Å². The quantitative estimate of drug-likeness (QED) is 0.166. The van der Waals surface area contributed by atoms with Crippen molar-refractivity contribution in [3.63, 3.8) is 0 Å². The standard InChI is InChI=1S/C22H19F5O5/c1-9(2)12-8-22(20(28)30-3,21(29)31-4)13-7-10(5-6-11(12)13)32-19-17(26)15(24)14(23)16(25)18(19)27/h5-6,8,10-11,13H,1,7H2,2-4H3/t10-,11+,13+/m0/s1. The minimum Gasteiger partial charge on any atom is -0.480 e. The number of hydrogen-bond donors (Lipinski definition) is 0. The summed E-state index contributed by atoms with van der Waals surface area (Å²) in [5.74, 6) is -15.6. The molecule has 0 aromatic heterocycles. The first-order valence-electron chi connectivity index (χ1n) is 9.43. The van der Waals surface area contributed by atoms with Crippen molar-refractivity contribution in [3.05, 3.63) is 65.0 Å². The lowest BCUT2D eigenvalue weighted by Crippen LogP contribution is -2.47.